The van der Waals surface area contributed by atoms with Crippen molar-refractivity contribution in [3.63, 3.8) is 0 Å². The van der Waals surface area contributed by atoms with E-state index >= 15 is 0 Å². The van der Waals surface area contributed by atoms with Gasteiger partial charge < -0.3 is 10.2 Å². The quantitative estimate of drug-likeness (QED) is 0.877. The molecule has 108 valence electrons. The first-order valence-corrected chi connectivity index (χ1v) is 7.18. The smallest absolute Gasteiger partial charge is 0.118 e. The van der Waals surface area contributed by atoms with Crippen LogP contribution >= 0.6 is 0 Å². The molecule has 0 amide bonds. The molecule has 0 radical (unpaired) electrons. The Balaban J connectivity index is 2.09. The number of hydrogen-bond acceptors (Lipinski definition) is 3. The van der Waals surface area contributed by atoms with Crippen LogP contribution in [-0.4, -0.2) is 18.5 Å². The van der Waals surface area contributed by atoms with Crippen LogP contribution in [0.25, 0.3) is 0 Å². The summed E-state index contributed by atoms with van der Waals surface area (Å²) in [6.45, 7) is 5.50. The Hall–Kier alpha value is -1.58. The van der Waals surface area contributed by atoms with E-state index in [2.05, 4.69) is 43.1 Å². The summed E-state index contributed by atoms with van der Waals surface area (Å²) < 4.78 is 5.64. The Morgan fingerprint density at radius 3 is 2.35 bits per heavy atom. The summed E-state index contributed by atoms with van der Waals surface area (Å²) in [5, 5.41) is 0. The lowest BCUT2D eigenvalue weighted by Crippen LogP contribution is -2.30. The zero-order valence-electron chi connectivity index (χ0n) is 12.6. The molecule has 0 saturated heterocycles. The molecule has 1 unspecified atom stereocenters. The molecule has 0 spiro atoms. The van der Waals surface area contributed by atoms with Crippen LogP contribution in [0, 0.1) is 6.92 Å². The molecule has 2 aromatic rings. The van der Waals surface area contributed by atoms with Crippen LogP contribution in [0.4, 0.5) is 0 Å². The van der Waals surface area contributed by atoms with Gasteiger partial charge in [-0.25, -0.2) is 0 Å². The van der Waals surface area contributed by atoms with Gasteiger partial charge in [-0.15, -0.1) is 0 Å². The molecule has 0 fully saturated rings. The summed E-state index contributed by atoms with van der Waals surface area (Å²) in [5.41, 5.74) is 8.58. The molecule has 0 bridgehead atoms. The van der Waals surface area contributed by atoms with Gasteiger partial charge in [-0.1, -0.05) is 31.2 Å². The van der Waals surface area contributed by atoms with Crippen LogP contribution in [0.5, 0.6) is 0 Å². The Bertz CT molecular complexity index is 530. The van der Waals surface area contributed by atoms with Crippen molar-refractivity contribution < 1.29 is 4.42 Å². The van der Waals surface area contributed by atoms with Crippen LogP contribution < -0.4 is 5.73 Å². The highest BCUT2D eigenvalue weighted by molar-refractivity contribution is 5.25. The van der Waals surface area contributed by atoms with Gasteiger partial charge in [-0.2, -0.15) is 0 Å². The Morgan fingerprint density at radius 1 is 1.15 bits per heavy atom. The first-order valence-electron chi connectivity index (χ1n) is 7.18. The molecular weight excluding hydrogens is 248 g/mol. The minimum atomic E-state index is 0.214. The zero-order chi connectivity index (χ0) is 14.5. The average molecular weight is 272 g/mol. The molecule has 3 heteroatoms. The van der Waals surface area contributed by atoms with Gasteiger partial charge in [0.25, 0.3) is 0 Å². The maximum Gasteiger partial charge on any atom is 0.118 e. The number of benzene rings is 1. The zero-order valence-corrected chi connectivity index (χ0v) is 12.6. The Morgan fingerprint density at radius 2 is 1.85 bits per heavy atom. The van der Waals surface area contributed by atoms with Crippen molar-refractivity contribution in [3.8, 4) is 0 Å². The lowest BCUT2D eigenvalue weighted by Gasteiger charge is -2.26. The van der Waals surface area contributed by atoms with Gasteiger partial charge in [-0.05, 0) is 43.7 Å². The molecule has 1 heterocycles. The van der Waals surface area contributed by atoms with Crippen molar-refractivity contribution >= 4 is 0 Å². The minimum Gasteiger partial charge on any atom is -0.465 e. The highest BCUT2D eigenvalue weighted by atomic mass is 16.3. The molecule has 2 N–H and O–H groups in total. The molecule has 0 aliphatic heterocycles. The number of rotatable bonds is 6. The second kappa shape index (κ2) is 6.73. The van der Waals surface area contributed by atoms with Gasteiger partial charge in [0.05, 0.1) is 6.54 Å². The van der Waals surface area contributed by atoms with Crippen LogP contribution in [0.1, 0.15) is 35.6 Å². The second-order valence-corrected chi connectivity index (χ2v) is 5.27. The largest absolute Gasteiger partial charge is 0.465 e. The van der Waals surface area contributed by atoms with E-state index in [-0.39, 0.29) is 6.04 Å². The summed E-state index contributed by atoms with van der Waals surface area (Å²) in [4.78, 5) is 2.24. The van der Waals surface area contributed by atoms with Gasteiger partial charge in [0, 0.05) is 12.6 Å². The summed E-state index contributed by atoms with van der Waals surface area (Å²) in [6.07, 6.45) is 1.06. The fourth-order valence-corrected chi connectivity index (χ4v) is 2.47. The molecule has 0 aliphatic carbocycles. The number of nitrogens with zero attached hydrogens (tertiary/aromatic N) is 1. The maximum atomic E-state index is 5.96. The summed E-state index contributed by atoms with van der Waals surface area (Å²) >= 11 is 0. The van der Waals surface area contributed by atoms with Crippen molar-refractivity contribution in [3.05, 3.63) is 59.0 Å². The van der Waals surface area contributed by atoms with Gasteiger partial charge in [0.2, 0.25) is 0 Å². The molecule has 3 nitrogen and oxygen atoms in total. The van der Waals surface area contributed by atoms with E-state index in [4.69, 9.17) is 10.2 Å². The minimum absolute atomic E-state index is 0.214. The highest BCUT2D eigenvalue weighted by Crippen LogP contribution is 2.21. The van der Waals surface area contributed by atoms with Gasteiger partial charge in [0.15, 0.2) is 0 Å². The molecule has 20 heavy (non-hydrogen) atoms. The van der Waals surface area contributed by atoms with Crippen molar-refractivity contribution in [2.75, 3.05) is 13.6 Å². The lowest BCUT2D eigenvalue weighted by molar-refractivity contribution is 0.221. The molecular formula is C17H24N2O. The first-order chi connectivity index (χ1) is 9.63. The van der Waals surface area contributed by atoms with Gasteiger partial charge >= 0.3 is 0 Å². The summed E-state index contributed by atoms with van der Waals surface area (Å²) in [5.74, 6) is 1.93. The molecule has 2 rings (SSSR count). The standard InChI is InChI=1S/C17H24N2O/c1-4-14-6-8-15(9-7-14)17(11-18)19(3)12-16-10-5-13(2)20-16/h5-10,17H,4,11-12,18H2,1-3H3. The van der Waals surface area contributed by atoms with E-state index < -0.39 is 0 Å². The van der Waals surface area contributed by atoms with E-state index in [0.717, 1.165) is 24.5 Å². The first kappa shape index (κ1) is 14.8. The van der Waals surface area contributed by atoms with E-state index in [1.807, 2.05) is 19.1 Å². The topological polar surface area (TPSA) is 42.4 Å². The van der Waals surface area contributed by atoms with Crippen molar-refractivity contribution in [2.45, 2.75) is 32.9 Å². The maximum absolute atomic E-state index is 5.96. The van der Waals surface area contributed by atoms with Gasteiger partial charge in [0.1, 0.15) is 11.5 Å². The monoisotopic (exact) mass is 272 g/mol. The molecule has 1 atom stereocenters. The number of aryl methyl sites for hydroxylation is 2. The fourth-order valence-electron chi connectivity index (χ4n) is 2.47. The van der Waals surface area contributed by atoms with Crippen LogP contribution in [-0.2, 0) is 13.0 Å². The predicted octanol–water partition coefficient (Wildman–Crippen LogP) is 3.28. The fraction of sp³-hybridized carbons (Fsp3) is 0.412. The normalized spacial score (nSPS) is 12.8. The Labute approximate surface area is 121 Å². The Kier molecular flexibility index (Phi) is 4.99. The van der Waals surface area contributed by atoms with Crippen LogP contribution in [0.2, 0.25) is 0 Å². The van der Waals surface area contributed by atoms with Crippen molar-refractivity contribution in [1.29, 1.82) is 0 Å². The van der Waals surface area contributed by atoms with Crippen molar-refractivity contribution in [2.24, 2.45) is 5.73 Å². The number of hydrogen-bond donors (Lipinski definition) is 1. The average Bonchev–Trinajstić information content (AvgIpc) is 2.85. The van der Waals surface area contributed by atoms with E-state index in [1.54, 1.807) is 0 Å². The van der Waals surface area contributed by atoms with E-state index in [0.29, 0.717) is 6.54 Å². The van der Waals surface area contributed by atoms with Crippen LogP contribution in [0.15, 0.2) is 40.8 Å². The molecule has 1 aromatic heterocycles. The third-order valence-corrected chi connectivity index (χ3v) is 3.73. The van der Waals surface area contributed by atoms with Crippen LogP contribution in [0.3, 0.4) is 0 Å². The number of nitrogens with two attached hydrogens (primary N) is 1. The molecule has 0 saturated carbocycles. The van der Waals surface area contributed by atoms with Crippen molar-refractivity contribution in [1.82, 2.24) is 4.90 Å². The number of likely N-dealkylation sites (N-methyl/N-ethyl adjacent to an activating group) is 1. The third-order valence-electron chi connectivity index (χ3n) is 3.73. The SMILES string of the molecule is CCc1ccc(C(CN)N(C)Cc2ccc(C)o2)cc1. The predicted molar refractivity (Wildman–Crippen MR) is 82.5 cm³/mol. The summed E-state index contributed by atoms with van der Waals surface area (Å²) in [6, 6.07) is 13.0. The van der Waals surface area contributed by atoms with E-state index in [9.17, 15) is 0 Å². The lowest BCUT2D eigenvalue weighted by atomic mass is 10.0. The highest BCUT2D eigenvalue weighted by Gasteiger charge is 2.16. The molecule has 0 aliphatic rings. The third kappa shape index (κ3) is 3.50. The van der Waals surface area contributed by atoms with E-state index in [1.165, 1.54) is 11.1 Å². The van der Waals surface area contributed by atoms with Gasteiger partial charge in [-0.3, -0.25) is 4.90 Å². The second-order valence-electron chi connectivity index (χ2n) is 5.27. The number of furan rings is 1. The summed E-state index contributed by atoms with van der Waals surface area (Å²) in [7, 11) is 2.09. The molecule has 1 aromatic carbocycles.